The third-order valence-corrected chi connectivity index (χ3v) is 4.77. The summed E-state index contributed by atoms with van der Waals surface area (Å²) in [6.07, 6.45) is 6.01. The number of anilines is 1. The molecule has 1 aliphatic rings. The molecule has 0 unspecified atom stereocenters. The Bertz CT molecular complexity index is 1030. The molecule has 0 spiro atoms. The molecule has 5 nitrogen and oxygen atoms in total. The number of aromatic nitrogens is 2. The predicted octanol–water partition coefficient (Wildman–Crippen LogP) is 4.17. The molecule has 1 N–H and O–H groups in total. The average Bonchev–Trinajstić information content (AvgIpc) is 3.15. The first-order chi connectivity index (χ1) is 13.6. The zero-order chi connectivity index (χ0) is 19.7. The lowest BCUT2D eigenvalue weighted by atomic mass is 10.0. The first-order valence-corrected chi connectivity index (χ1v) is 8.84. The summed E-state index contributed by atoms with van der Waals surface area (Å²) in [5.41, 5.74) is 3.29. The molecule has 1 aliphatic carbocycles. The van der Waals surface area contributed by atoms with Gasteiger partial charge in [0.2, 0.25) is 0 Å². The van der Waals surface area contributed by atoms with Crippen LogP contribution in [0.2, 0.25) is 0 Å². The van der Waals surface area contributed by atoms with Gasteiger partial charge in [-0.05, 0) is 54.7 Å². The molecule has 1 aromatic heterocycles. The number of nitrogens with zero attached hydrogens (tertiary/aromatic N) is 2. The highest BCUT2D eigenvalue weighted by molar-refractivity contribution is 6.04. The summed E-state index contributed by atoms with van der Waals surface area (Å²) in [5.74, 6) is -2.00. The quantitative estimate of drug-likeness (QED) is 0.737. The maximum Gasteiger partial charge on any atom is 0.262 e. The highest BCUT2D eigenvalue weighted by Crippen LogP contribution is 2.35. The van der Waals surface area contributed by atoms with Gasteiger partial charge >= 0.3 is 0 Å². The second-order valence-electron chi connectivity index (χ2n) is 6.51. The maximum atomic E-state index is 13.7. The monoisotopic (exact) mass is 381 g/mol. The Balaban J connectivity index is 1.59. The number of fused-ring (bicyclic) bond motifs is 1. The maximum absolute atomic E-state index is 13.7. The Hall–Kier alpha value is -3.35. The van der Waals surface area contributed by atoms with Crippen LogP contribution in [-0.4, -0.2) is 23.0 Å². The van der Waals surface area contributed by atoms with Crippen molar-refractivity contribution in [2.24, 2.45) is 0 Å². The fraction of sp³-hybridized carbons (Fsp3) is 0.190. The van der Waals surface area contributed by atoms with Gasteiger partial charge in [0.15, 0.2) is 5.82 Å². The van der Waals surface area contributed by atoms with Gasteiger partial charge in [-0.1, -0.05) is 6.07 Å². The molecule has 0 fully saturated rings. The number of methoxy groups -OCH3 is 1. The van der Waals surface area contributed by atoms with Gasteiger partial charge in [-0.3, -0.25) is 9.78 Å². The summed E-state index contributed by atoms with van der Waals surface area (Å²) < 4.78 is 32.9. The number of halogens is 2. The third-order valence-electron chi connectivity index (χ3n) is 4.77. The highest BCUT2D eigenvalue weighted by Gasteiger charge is 2.19. The van der Waals surface area contributed by atoms with Crippen molar-refractivity contribution < 1.29 is 18.3 Å². The minimum atomic E-state index is -0.940. The molecule has 0 aliphatic heterocycles. The Morgan fingerprint density at radius 3 is 2.43 bits per heavy atom. The fourth-order valence-electron chi connectivity index (χ4n) is 3.40. The van der Waals surface area contributed by atoms with Gasteiger partial charge in [0.25, 0.3) is 5.91 Å². The average molecular weight is 381 g/mol. The van der Waals surface area contributed by atoms with Crippen LogP contribution in [-0.2, 0) is 12.8 Å². The molecular formula is C21H17F2N3O2. The van der Waals surface area contributed by atoms with Crippen LogP contribution >= 0.6 is 0 Å². The predicted molar refractivity (Wildman–Crippen MR) is 100 cm³/mol. The van der Waals surface area contributed by atoms with E-state index in [0.717, 1.165) is 37.0 Å². The van der Waals surface area contributed by atoms with Crippen LogP contribution < -0.4 is 10.1 Å². The molecule has 1 heterocycles. The van der Waals surface area contributed by atoms with E-state index in [9.17, 15) is 13.6 Å². The number of rotatable bonds is 4. The van der Waals surface area contributed by atoms with Crippen molar-refractivity contribution in [2.45, 2.75) is 19.3 Å². The normalized spacial score (nSPS) is 12.5. The lowest BCUT2D eigenvalue weighted by Crippen LogP contribution is -2.16. The van der Waals surface area contributed by atoms with Gasteiger partial charge in [0.1, 0.15) is 22.9 Å². The van der Waals surface area contributed by atoms with Crippen LogP contribution in [0.15, 0.2) is 42.7 Å². The van der Waals surface area contributed by atoms with Crippen molar-refractivity contribution in [1.82, 2.24) is 9.97 Å². The van der Waals surface area contributed by atoms with E-state index < -0.39 is 23.1 Å². The first kappa shape index (κ1) is 18.0. The number of amides is 1. The molecule has 3 aromatic rings. The Morgan fingerprint density at radius 1 is 1.07 bits per heavy atom. The number of carbonyl (C=O) groups excluding carboxylic acids is 1. The highest BCUT2D eigenvalue weighted by atomic mass is 19.1. The number of nitrogens with one attached hydrogen (secondary N) is 1. The SMILES string of the molecule is COc1cc2c(cc1-c1cnc(NC(=O)c3c(F)cccc3F)cn1)CCC2. The van der Waals surface area contributed by atoms with E-state index in [1.54, 1.807) is 7.11 Å². The van der Waals surface area contributed by atoms with E-state index in [2.05, 4.69) is 21.4 Å². The number of aryl methyl sites for hydroxylation is 2. The molecule has 0 radical (unpaired) electrons. The summed E-state index contributed by atoms with van der Waals surface area (Å²) >= 11 is 0. The second kappa shape index (κ2) is 7.34. The Labute approximate surface area is 160 Å². The minimum Gasteiger partial charge on any atom is -0.496 e. The molecule has 7 heteroatoms. The largest absolute Gasteiger partial charge is 0.496 e. The molecule has 0 saturated heterocycles. The standard InChI is InChI=1S/C21H17F2N3O2/c1-28-18-9-13-5-2-4-12(13)8-14(18)17-10-25-19(11-24-17)26-21(27)20-15(22)6-3-7-16(20)23/h3,6-11H,2,4-5H2,1H3,(H,25,26,27). The Kier molecular flexibility index (Phi) is 4.73. The van der Waals surface area contributed by atoms with Gasteiger partial charge in [0.05, 0.1) is 25.2 Å². The molecule has 0 bridgehead atoms. The topological polar surface area (TPSA) is 64.1 Å². The van der Waals surface area contributed by atoms with Crippen LogP contribution in [0, 0.1) is 11.6 Å². The summed E-state index contributed by atoms with van der Waals surface area (Å²) in [7, 11) is 1.60. The van der Waals surface area contributed by atoms with Crippen LogP contribution in [0.3, 0.4) is 0 Å². The lowest BCUT2D eigenvalue weighted by Gasteiger charge is -2.11. The second-order valence-corrected chi connectivity index (χ2v) is 6.51. The van der Waals surface area contributed by atoms with Gasteiger partial charge in [0, 0.05) is 5.56 Å². The minimum absolute atomic E-state index is 0.0940. The molecule has 28 heavy (non-hydrogen) atoms. The summed E-state index contributed by atoms with van der Waals surface area (Å²) in [6, 6.07) is 7.31. The van der Waals surface area contributed by atoms with Gasteiger partial charge in [-0.2, -0.15) is 0 Å². The van der Waals surface area contributed by atoms with E-state index in [-0.39, 0.29) is 5.82 Å². The lowest BCUT2D eigenvalue weighted by molar-refractivity contribution is 0.101. The van der Waals surface area contributed by atoms with Gasteiger partial charge in [-0.25, -0.2) is 13.8 Å². The zero-order valence-corrected chi connectivity index (χ0v) is 15.1. The third kappa shape index (κ3) is 3.31. The van der Waals surface area contributed by atoms with Crippen molar-refractivity contribution >= 4 is 11.7 Å². The van der Waals surface area contributed by atoms with Gasteiger partial charge < -0.3 is 10.1 Å². The van der Waals surface area contributed by atoms with E-state index in [1.807, 2.05) is 6.07 Å². The Morgan fingerprint density at radius 2 is 1.79 bits per heavy atom. The molecule has 0 saturated carbocycles. The van der Waals surface area contributed by atoms with Crippen molar-refractivity contribution in [3.63, 3.8) is 0 Å². The smallest absolute Gasteiger partial charge is 0.262 e. The summed E-state index contributed by atoms with van der Waals surface area (Å²) in [6.45, 7) is 0. The molecular weight excluding hydrogens is 364 g/mol. The molecule has 1 amide bonds. The van der Waals surface area contributed by atoms with Crippen LogP contribution in [0.5, 0.6) is 5.75 Å². The summed E-state index contributed by atoms with van der Waals surface area (Å²) in [5, 5.41) is 2.37. The van der Waals surface area contributed by atoms with Crippen molar-refractivity contribution in [3.8, 4) is 17.0 Å². The fourth-order valence-corrected chi connectivity index (χ4v) is 3.40. The number of carbonyl (C=O) groups is 1. The van der Waals surface area contributed by atoms with Crippen molar-refractivity contribution in [2.75, 3.05) is 12.4 Å². The number of hydrogen-bond donors (Lipinski definition) is 1. The van der Waals surface area contributed by atoms with E-state index in [1.165, 1.54) is 29.6 Å². The summed E-state index contributed by atoms with van der Waals surface area (Å²) in [4.78, 5) is 20.6. The van der Waals surface area contributed by atoms with E-state index >= 15 is 0 Å². The van der Waals surface area contributed by atoms with Crippen LogP contribution in [0.4, 0.5) is 14.6 Å². The molecule has 142 valence electrons. The van der Waals surface area contributed by atoms with Crippen molar-refractivity contribution in [3.05, 3.63) is 71.1 Å². The molecule has 4 rings (SSSR count). The number of hydrogen-bond acceptors (Lipinski definition) is 4. The number of benzene rings is 2. The van der Waals surface area contributed by atoms with Gasteiger partial charge in [-0.15, -0.1) is 0 Å². The molecule has 0 atom stereocenters. The first-order valence-electron chi connectivity index (χ1n) is 8.84. The van der Waals surface area contributed by atoms with E-state index in [0.29, 0.717) is 11.4 Å². The van der Waals surface area contributed by atoms with Crippen LogP contribution in [0.1, 0.15) is 27.9 Å². The zero-order valence-electron chi connectivity index (χ0n) is 15.1. The van der Waals surface area contributed by atoms with E-state index in [4.69, 9.17) is 4.74 Å². The number of ether oxygens (including phenoxy) is 1. The molecule has 2 aromatic carbocycles. The van der Waals surface area contributed by atoms with Crippen molar-refractivity contribution in [1.29, 1.82) is 0 Å². The van der Waals surface area contributed by atoms with Crippen LogP contribution in [0.25, 0.3) is 11.3 Å².